The van der Waals surface area contributed by atoms with Crippen LogP contribution in [0.25, 0.3) is 33.3 Å². The lowest BCUT2D eigenvalue weighted by Crippen LogP contribution is -2.54. The van der Waals surface area contributed by atoms with Crippen molar-refractivity contribution < 1.29 is 52.1 Å². The van der Waals surface area contributed by atoms with E-state index in [1.165, 1.54) is 0 Å². The predicted molar refractivity (Wildman–Crippen MR) is 479 cm³/mol. The number of fused-ring (bicyclic) bond motifs is 5. The van der Waals surface area contributed by atoms with Gasteiger partial charge in [-0.2, -0.15) is 0 Å². The van der Waals surface area contributed by atoms with Gasteiger partial charge in [-0.1, -0.05) is 60.7 Å². The molecule has 9 N–H and O–H groups in total. The van der Waals surface area contributed by atoms with E-state index in [0.717, 1.165) is 181 Å². The van der Waals surface area contributed by atoms with Gasteiger partial charge in [0.2, 0.25) is 41.5 Å². The number of pyridine rings is 1. The Labute approximate surface area is 724 Å². The lowest BCUT2D eigenvalue weighted by Gasteiger charge is -2.36. The number of nitrogens with one attached hydrogen (secondary N) is 9. The number of aryl methyl sites for hydroxylation is 2. The van der Waals surface area contributed by atoms with Crippen molar-refractivity contribution in [1.29, 1.82) is 0 Å². The topological polar surface area (TPSA) is 361 Å². The Kier molecular flexibility index (Phi) is 27.8. The second kappa shape index (κ2) is 39.9. The fourth-order valence-corrected chi connectivity index (χ4v) is 16.6. The van der Waals surface area contributed by atoms with Crippen LogP contribution in [0.1, 0.15) is 83.7 Å². The van der Waals surface area contributed by atoms with Crippen LogP contribution in [-0.4, -0.2) is 277 Å². The number of hydrogen-bond acceptors (Lipinski definition) is 26. The van der Waals surface area contributed by atoms with Gasteiger partial charge in [0.1, 0.15) is 29.5 Å². The van der Waals surface area contributed by atoms with E-state index in [1.807, 2.05) is 92.8 Å². The van der Waals surface area contributed by atoms with Crippen molar-refractivity contribution in [3.8, 4) is 11.3 Å². The highest BCUT2D eigenvalue weighted by Gasteiger charge is 2.35. The number of carbonyl (C=O) groups is 6. The highest BCUT2D eigenvalue weighted by molar-refractivity contribution is 6.07. The number of allylic oxidation sites excluding steroid dienone is 2. The molecule has 5 aromatic heterocycles. The first-order valence-corrected chi connectivity index (χ1v) is 42.1. The van der Waals surface area contributed by atoms with Gasteiger partial charge in [0, 0.05) is 181 Å². The van der Waals surface area contributed by atoms with E-state index < -0.39 is 17.8 Å². The molecule has 32 nitrogen and oxygen atoms in total. The normalized spacial score (nSPS) is 16.7. The van der Waals surface area contributed by atoms with Gasteiger partial charge in [0.25, 0.3) is 5.91 Å². The fourth-order valence-electron chi connectivity index (χ4n) is 16.6. The Morgan fingerprint density at radius 3 is 1.50 bits per heavy atom. The number of piperazine rings is 3. The van der Waals surface area contributed by atoms with E-state index in [-0.39, 0.29) is 72.2 Å². The van der Waals surface area contributed by atoms with Crippen LogP contribution in [0.5, 0.6) is 0 Å². The molecule has 3 saturated heterocycles. The number of benzene rings is 5. The summed E-state index contributed by atoms with van der Waals surface area (Å²) in [6, 6.07) is 30.9. The Morgan fingerprint density at radius 2 is 0.984 bits per heavy atom. The second-order valence-corrected chi connectivity index (χ2v) is 32.0. The first-order chi connectivity index (χ1) is 60.7. The highest BCUT2D eigenvalue weighted by atomic mass is 19.1. The number of halogens is 1. The average Bonchev–Trinajstić information content (AvgIpc) is 1.68. The number of nitrogens with zero attached hydrogens (tertiary/aromatic N) is 13. The monoisotopic (exact) mass is 1700 g/mol. The molecule has 5 aromatic carbocycles. The zero-order valence-electron chi connectivity index (χ0n) is 71.7. The predicted octanol–water partition coefficient (Wildman–Crippen LogP) is 9.50. The van der Waals surface area contributed by atoms with E-state index in [9.17, 15) is 28.8 Å². The zero-order valence-corrected chi connectivity index (χ0v) is 71.7. The number of aromatic nitrogens is 8. The van der Waals surface area contributed by atoms with Crippen LogP contribution < -0.4 is 42.5 Å². The number of H-pyrrole nitrogens is 1. The highest BCUT2D eigenvalue weighted by Crippen LogP contribution is 2.41. The number of amides is 5. The molecule has 0 radical (unpaired) electrons. The standard InChI is InChI=1S/C31H37N7O4.C31H35N7O3.C30H33FN8O3/c1-5-42-30(40)26-12-9-21(18-32-26)34-31-33-17-20(2)28(36-31)24-11-10-23-22(24)7-6-8-25(23)35-29(39)27(19-41-4)38-15-13-37(3)14-16-38;1-19-17-32-31(33-21-8-7-20-15-28(39)34-26(20)16-21)36-29(19)24-10-9-23-22(24)5-4-6-25(23)35-30(40)27(18-41-3)38-13-11-37(2)12-14-38;1-38-10-12-39(13-11-38)25(17-42-2)29(41)36-24-5-3-4-20-22(15-33-27(20)24)26-23(31)16-34-30(37-26)35-19-7-6-18-8-9-32-28(40)21(18)14-19/h6-9,11-12,17-18,27H,5,10,13-16,19H2,1-4H3,(H,35,39)(H,33,34,36);4-8,10,16-17,27H,9,11-15,18H2,1-3H3,(H,34,39)(H,35,40)(H,32,33,36);3-7,14-16,25,33H,8-13,17H2,1-2H3,(H,32,40)(H,36,41)(H,34,35,37)/t2*27-;25-/m111/s1. The van der Waals surface area contributed by atoms with Crippen molar-refractivity contribution in [3.63, 3.8) is 0 Å². The van der Waals surface area contributed by atoms with E-state index in [1.54, 1.807) is 65.0 Å². The minimum Gasteiger partial charge on any atom is -0.461 e. The maximum atomic E-state index is 15.1. The van der Waals surface area contributed by atoms with Crippen molar-refractivity contribution in [2.45, 2.75) is 64.6 Å². The molecule has 650 valence electrons. The summed E-state index contributed by atoms with van der Waals surface area (Å²) in [6.45, 7) is 17.9. The number of rotatable bonds is 26. The summed E-state index contributed by atoms with van der Waals surface area (Å²) in [7, 11) is 11.1. The summed E-state index contributed by atoms with van der Waals surface area (Å²) in [6.07, 6.45) is 14.8. The smallest absolute Gasteiger partial charge is 0.356 e. The molecular formula is C92H105FN22O10. The number of esters is 1. The lowest BCUT2D eigenvalue weighted by molar-refractivity contribution is -0.124. The van der Waals surface area contributed by atoms with E-state index >= 15 is 4.39 Å². The largest absolute Gasteiger partial charge is 0.461 e. The molecule has 0 saturated carbocycles. The molecule has 3 atom stereocenters. The van der Waals surface area contributed by atoms with Gasteiger partial charge in [-0.25, -0.2) is 44.1 Å². The van der Waals surface area contributed by atoms with Crippen molar-refractivity contribution in [3.05, 3.63) is 219 Å². The van der Waals surface area contributed by atoms with Gasteiger partial charge in [-0.3, -0.25) is 38.7 Å². The van der Waals surface area contributed by atoms with Crippen LogP contribution in [0.2, 0.25) is 0 Å². The van der Waals surface area contributed by atoms with Gasteiger partial charge in [-0.05, 0) is 160 Å². The van der Waals surface area contributed by atoms with Crippen molar-refractivity contribution in [2.24, 2.45) is 0 Å². The van der Waals surface area contributed by atoms with Crippen molar-refractivity contribution >= 4 is 115 Å². The molecule has 125 heavy (non-hydrogen) atoms. The molecular weight excluding hydrogens is 1590 g/mol. The van der Waals surface area contributed by atoms with Crippen LogP contribution in [0.15, 0.2) is 146 Å². The minimum absolute atomic E-state index is 0.00182. The van der Waals surface area contributed by atoms with Gasteiger partial charge >= 0.3 is 5.97 Å². The van der Waals surface area contributed by atoms with E-state index in [0.29, 0.717) is 90.0 Å². The summed E-state index contributed by atoms with van der Waals surface area (Å²) in [5.41, 5.74) is 18.9. The molecule has 33 heteroatoms. The molecule has 17 rings (SSSR count). The van der Waals surface area contributed by atoms with Crippen LogP contribution in [0.4, 0.5) is 62.0 Å². The molecule has 3 fully saturated rings. The van der Waals surface area contributed by atoms with Crippen molar-refractivity contribution in [1.82, 2.24) is 74.6 Å². The number of hydrogen-bond donors (Lipinski definition) is 9. The van der Waals surface area contributed by atoms with Gasteiger partial charge in [-0.15, -0.1) is 0 Å². The Balaban J connectivity index is 0.000000145. The molecule has 2 aliphatic carbocycles. The summed E-state index contributed by atoms with van der Waals surface area (Å²) in [5, 5.41) is 25.4. The van der Waals surface area contributed by atoms with Gasteiger partial charge < -0.3 is 81.2 Å². The molecule has 7 aliphatic rings. The Hall–Kier alpha value is -12.7. The second-order valence-electron chi connectivity index (χ2n) is 32.0. The van der Waals surface area contributed by atoms with Gasteiger partial charge in [0.15, 0.2) is 5.82 Å². The Morgan fingerprint density at radius 1 is 0.512 bits per heavy atom. The summed E-state index contributed by atoms with van der Waals surface area (Å²) >= 11 is 0. The van der Waals surface area contributed by atoms with E-state index in [4.69, 9.17) is 28.9 Å². The number of ether oxygens (including phenoxy) is 4. The maximum absolute atomic E-state index is 15.1. The summed E-state index contributed by atoms with van der Waals surface area (Å²) in [4.78, 5) is 124. The molecule has 0 bridgehead atoms. The average molecular weight is 1700 g/mol. The van der Waals surface area contributed by atoms with Gasteiger partial charge in [0.05, 0.1) is 73.5 Å². The lowest BCUT2D eigenvalue weighted by atomic mass is 9.99. The quantitative estimate of drug-likeness (QED) is 0.0228. The number of anilines is 10. The number of carbonyl (C=O) groups excluding carboxylic acids is 6. The number of aromatic amines is 1. The SMILES string of the molecule is CCOC(=O)c1ccc(Nc2ncc(C)c(C3=CCc4c(NC(=O)[C@@H](COC)N5CCN(C)CC5)cccc43)n2)cn1.COC[C@H](C(=O)Nc1cccc2c(-c3nc(Nc4ccc5c(c4)C(=O)NCC5)ncc3F)c[nH]c12)N1CCN(C)CC1.COC[C@H](C(=O)Nc1cccc2c1CC=C2c1nc(Nc2ccc3c(c2)NC(=O)C3)ncc1C)N1CCN(C)CC1. The number of para-hydroxylation sites is 1. The zero-order chi connectivity index (χ0) is 87.4. The third-order valence-corrected chi connectivity index (χ3v) is 23.5. The molecule has 10 aromatic rings. The molecule has 5 aliphatic heterocycles. The Bertz CT molecular complexity index is 5730. The minimum atomic E-state index is -0.587. The molecule has 0 spiro atoms. The van der Waals surface area contributed by atoms with Crippen LogP contribution >= 0.6 is 0 Å². The first kappa shape index (κ1) is 87.2. The first-order valence-electron chi connectivity index (χ1n) is 42.1. The van der Waals surface area contributed by atoms with Crippen LogP contribution in [0, 0.1) is 19.7 Å². The molecule has 0 unspecified atom stereocenters. The number of methoxy groups -OCH3 is 3. The third-order valence-electron chi connectivity index (χ3n) is 23.5. The molecule has 10 heterocycles. The van der Waals surface area contributed by atoms with Crippen LogP contribution in [-0.2, 0) is 63.8 Å². The summed E-state index contributed by atoms with van der Waals surface area (Å²) in [5.74, 6) is -0.368. The maximum Gasteiger partial charge on any atom is 0.356 e. The third kappa shape index (κ3) is 20.4. The fraction of sp³-hybridized carbons (Fsp3) is 0.359. The van der Waals surface area contributed by atoms with E-state index in [2.05, 4.69) is 147 Å². The molecule has 5 amide bonds. The van der Waals surface area contributed by atoms with Crippen LogP contribution in [0.3, 0.4) is 0 Å². The van der Waals surface area contributed by atoms with Crippen molar-refractivity contribution in [2.75, 3.05) is 191 Å². The summed E-state index contributed by atoms with van der Waals surface area (Å²) < 4.78 is 36.4. The number of likely N-dealkylation sites (N-methyl/N-ethyl adjacent to an activating group) is 3.